The van der Waals surface area contributed by atoms with Gasteiger partial charge in [-0.15, -0.1) is 0 Å². The zero-order valence-corrected chi connectivity index (χ0v) is 12.6. The van der Waals surface area contributed by atoms with Crippen molar-refractivity contribution in [2.75, 3.05) is 4.90 Å². The fourth-order valence-corrected chi connectivity index (χ4v) is 4.32. The normalized spacial score (nSPS) is 28.3. The summed E-state index contributed by atoms with van der Waals surface area (Å²) in [4.78, 5) is 37.5. The number of hydrogen-bond donors (Lipinski definition) is 1. The summed E-state index contributed by atoms with van der Waals surface area (Å²) in [5.41, 5.74) is 0.306. The van der Waals surface area contributed by atoms with Gasteiger partial charge < -0.3 is 5.11 Å². The van der Waals surface area contributed by atoms with Crippen LogP contribution in [0.3, 0.4) is 0 Å². The second-order valence-electron chi connectivity index (χ2n) is 5.72. The Labute approximate surface area is 125 Å². The number of nitrogens with zero attached hydrogens (tertiary/aromatic N) is 2. The fraction of sp³-hybridized carbons (Fsp3) is 0.571. The molecule has 1 aliphatic heterocycles. The van der Waals surface area contributed by atoms with Crippen molar-refractivity contribution in [3.8, 4) is 0 Å². The molecule has 3 rings (SSSR count). The number of carboxylic acid groups (broad SMARTS) is 1. The molecule has 2 unspecified atom stereocenters. The van der Waals surface area contributed by atoms with Crippen molar-refractivity contribution in [3.63, 3.8) is 0 Å². The molecular weight excluding hydrogens is 292 g/mol. The first-order valence-electron chi connectivity index (χ1n) is 7.03. The SMILES string of the molecule is CCC1CC2C(=O)N(c3snc(C)c3C(=O)O)C(=O)C2C1. The van der Waals surface area contributed by atoms with Crippen LogP contribution in [0.2, 0.25) is 0 Å². The molecule has 2 fully saturated rings. The van der Waals surface area contributed by atoms with Crippen molar-refractivity contribution in [1.82, 2.24) is 4.37 Å². The van der Waals surface area contributed by atoms with Crippen molar-refractivity contribution >= 4 is 34.3 Å². The molecule has 21 heavy (non-hydrogen) atoms. The van der Waals surface area contributed by atoms with Gasteiger partial charge in [0.1, 0.15) is 10.6 Å². The number of carbonyl (C=O) groups is 3. The minimum absolute atomic E-state index is 0.0336. The van der Waals surface area contributed by atoms with Gasteiger partial charge in [-0.05, 0) is 37.2 Å². The zero-order valence-electron chi connectivity index (χ0n) is 11.8. The molecule has 0 bridgehead atoms. The number of aryl methyl sites for hydroxylation is 1. The average Bonchev–Trinajstić information content (AvgIpc) is 3.07. The van der Waals surface area contributed by atoms with E-state index in [0.717, 1.165) is 35.7 Å². The molecule has 2 atom stereocenters. The molecule has 1 aromatic rings. The van der Waals surface area contributed by atoms with Crippen molar-refractivity contribution in [1.29, 1.82) is 0 Å². The first kappa shape index (κ1) is 14.2. The third-order valence-electron chi connectivity index (χ3n) is 4.57. The van der Waals surface area contributed by atoms with Crippen LogP contribution in [-0.4, -0.2) is 27.3 Å². The summed E-state index contributed by atoms with van der Waals surface area (Å²) in [5, 5.41) is 9.43. The van der Waals surface area contributed by atoms with E-state index in [1.54, 1.807) is 6.92 Å². The second-order valence-corrected chi connectivity index (χ2v) is 6.48. The molecule has 2 aliphatic rings. The summed E-state index contributed by atoms with van der Waals surface area (Å²) in [6.45, 7) is 3.63. The number of carbonyl (C=O) groups excluding carboxylic acids is 2. The molecule has 0 aromatic carbocycles. The van der Waals surface area contributed by atoms with Gasteiger partial charge >= 0.3 is 5.97 Å². The summed E-state index contributed by atoms with van der Waals surface area (Å²) >= 11 is 0.908. The van der Waals surface area contributed by atoms with E-state index < -0.39 is 5.97 Å². The van der Waals surface area contributed by atoms with Crippen molar-refractivity contribution in [2.45, 2.75) is 33.1 Å². The highest BCUT2D eigenvalue weighted by Gasteiger charge is 2.53. The van der Waals surface area contributed by atoms with E-state index in [-0.39, 0.29) is 34.2 Å². The Morgan fingerprint density at radius 3 is 2.38 bits per heavy atom. The Morgan fingerprint density at radius 1 is 1.33 bits per heavy atom. The molecule has 0 radical (unpaired) electrons. The zero-order chi connectivity index (χ0) is 15.3. The summed E-state index contributed by atoms with van der Waals surface area (Å²) < 4.78 is 3.99. The quantitative estimate of drug-likeness (QED) is 0.864. The minimum atomic E-state index is -1.15. The third-order valence-corrected chi connectivity index (χ3v) is 5.50. The first-order chi connectivity index (χ1) is 9.95. The molecule has 7 heteroatoms. The van der Waals surface area contributed by atoms with E-state index in [0.29, 0.717) is 11.6 Å². The fourth-order valence-electron chi connectivity index (χ4n) is 3.42. The Kier molecular flexibility index (Phi) is 3.32. The van der Waals surface area contributed by atoms with E-state index in [1.165, 1.54) is 0 Å². The molecule has 0 spiro atoms. The van der Waals surface area contributed by atoms with E-state index in [4.69, 9.17) is 0 Å². The number of fused-ring (bicyclic) bond motifs is 1. The number of rotatable bonds is 3. The second kappa shape index (κ2) is 4.91. The van der Waals surface area contributed by atoms with Gasteiger partial charge in [0.05, 0.1) is 17.5 Å². The van der Waals surface area contributed by atoms with E-state index in [2.05, 4.69) is 11.3 Å². The summed E-state index contributed by atoms with van der Waals surface area (Å²) in [6.07, 6.45) is 2.42. The van der Waals surface area contributed by atoms with Crippen LogP contribution in [0.1, 0.15) is 42.2 Å². The van der Waals surface area contributed by atoms with Crippen molar-refractivity contribution < 1.29 is 19.5 Å². The molecule has 2 amide bonds. The first-order valence-corrected chi connectivity index (χ1v) is 7.80. The smallest absolute Gasteiger partial charge is 0.340 e. The maximum absolute atomic E-state index is 12.5. The molecular formula is C14H16N2O4S. The van der Waals surface area contributed by atoms with Crippen LogP contribution in [0.25, 0.3) is 0 Å². The lowest BCUT2D eigenvalue weighted by molar-refractivity contribution is -0.123. The van der Waals surface area contributed by atoms with Crippen LogP contribution in [0.4, 0.5) is 5.00 Å². The van der Waals surface area contributed by atoms with Gasteiger partial charge in [0, 0.05) is 0 Å². The maximum atomic E-state index is 12.5. The van der Waals surface area contributed by atoms with Gasteiger partial charge in [-0.25, -0.2) is 9.69 Å². The van der Waals surface area contributed by atoms with Gasteiger partial charge in [-0.2, -0.15) is 4.37 Å². The van der Waals surface area contributed by atoms with E-state index >= 15 is 0 Å². The Hall–Kier alpha value is -1.76. The number of anilines is 1. The van der Waals surface area contributed by atoms with Crippen LogP contribution >= 0.6 is 11.5 Å². The molecule has 1 aliphatic carbocycles. The number of aromatic carboxylic acids is 1. The predicted molar refractivity (Wildman–Crippen MR) is 76.3 cm³/mol. The summed E-state index contributed by atoms with van der Waals surface area (Å²) in [6, 6.07) is 0. The molecule has 2 heterocycles. The average molecular weight is 308 g/mol. The molecule has 1 N–H and O–H groups in total. The lowest BCUT2D eigenvalue weighted by Gasteiger charge is -2.16. The van der Waals surface area contributed by atoms with Crippen LogP contribution < -0.4 is 4.90 Å². The van der Waals surface area contributed by atoms with Gasteiger partial charge in [-0.3, -0.25) is 9.59 Å². The number of imide groups is 1. The summed E-state index contributed by atoms with van der Waals surface area (Å²) in [7, 11) is 0. The van der Waals surface area contributed by atoms with Crippen LogP contribution in [-0.2, 0) is 9.59 Å². The van der Waals surface area contributed by atoms with Crippen LogP contribution in [0.15, 0.2) is 0 Å². The molecule has 1 saturated carbocycles. The Balaban J connectivity index is 1.98. The number of amides is 2. The van der Waals surface area contributed by atoms with Crippen molar-refractivity contribution in [3.05, 3.63) is 11.3 Å². The van der Waals surface area contributed by atoms with Crippen LogP contribution in [0.5, 0.6) is 0 Å². The lowest BCUT2D eigenvalue weighted by atomic mass is 10.00. The monoisotopic (exact) mass is 308 g/mol. The Morgan fingerprint density at radius 2 is 1.90 bits per heavy atom. The topological polar surface area (TPSA) is 87.6 Å². The largest absolute Gasteiger partial charge is 0.478 e. The highest BCUT2D eigenvalue weighted by molar-refractivity contribution is 7.11. The number of carboxylic acids is 1. The number of aromatic nitrogens is 1. The molecule has 112 valence electrons. The van der Waals surface area contributed by atoms with Crippen LogP contribution in [0, 0.1) is 24.7 Å². The highest BCUT2D eigenvalue weighted by atomic mass is 32.1. The van der Waals surface area contributed by atoms with E-state index in [9.17, 15) is 19.5 Å². The Bertz CT molecular complexity index is 615. The third kappa shape index (κ3) is 1.98. The highest BCUT2D eigenvalue weighted by Crippen LogP contribution is 2.47. The van der Waals surface area contributed by atoms with Gasteiger partial charge in [0.15, 0.2) is 0 Å². The molecule has 6 nitrogen and oxygen atoms in total. The predicted octanol–water partition coefficient (Wildman–Crippen LogP) is 2.08. The van der Waals surface area contributed by atoms with Crippen molar-refractivity contribution in [2.24, 2.45) is 17.8 Å². The lowest BCUT2D eigenvalue weighted by Crippen LogP contribution is -2.32. The van der Waals surface area contributed by atoms with Gasteiger partial charge in [-0.1, -0.05) is 13.3 Å². The summed E-state index contributed by atoms with van der Waals surface area (Å²) in [5.74, 6) is -1.82. The molecule has 1 saturated heterocycles. The van der Waals surface area contributed by atoms with Gasteiger partial charge in [0.2, 0.25) is 11.8 Å². The maximum Gasteiger partial charge on any atom is 0.340 e. The molecule has 1 aromatic heterocycles. The minimum Gasteiger partial charge on any atom is -0.478 e. The number of hydrogen-bond acceptors (Lipinski definition) is 5. The standard InChI is InChI=1S/C14H16N2O4S/c1-3-7-4-8-9(5-7)12(18)16(11(8)17)13-10(14(19)20)6(2)15-21-13/h7-9H,3-5H2,1-2H3,(H,19,20). The van der Waals surface area contributed by atoms with E-state index in [1.807, 2.05) is 0 Å². The van der Waals surface area contributed by atoms with Gasteiger partial charge in [0.25, 0.3) is 0 Å².